The van der Waals surface area contributed by atoms with Crippen LogP contribution in [0.4, 0.5) is 0 Å². The number of sulfone groups is 1. The number of thioether (sulfide) groups is 1. The van der Waals surface area contributed by atoms with Crippen molar-refractivity contribution in [2.24, 2.45) is 0 Å². The molecule has 0 aliphatic carbocycles. The van der Waals surface area contributed by atoms with Gasteiger partial charge in [-0.2, -0.15) is 0 Å². The number of nitrogens with zero attached hydrogens (tertiary/aromatic N) is 1. The Morgan fingerprint density at radius 3 is 2.28 bits per heavy atom. The molecule has 0 bridgehead atoms. The van der Waals surface area contributed by atoms with Gasteiger partial charge in [0.2, 0.25) is 9.84 Å². The number of aryl methyl sites for hydroxylation is 1. The minimum atomic E-state index is -3.80. The number of carbonyl (C=O) groups is 1. The Labute approximate surface area is 150 Å². The zero-order valence-electron chi connectivity index (χ0n) is 13.7. The molecule has 0 radical (unpaired) electrons. The van der Waals surface area contributed by atoms with Gasteiger partial charge in [0.15, 0.2) is 10.1 Å². The summed E-state index contributed by atoms with van der Waals surface area (Å²) in [6.07, 6.45) is 0. The highest BCUT2D eigenvalue weighted by Crippen LogP contribution is 2.32. The molecular formula is C18H16N2O3S2. The van der Waals surface area contributed by atoms with Gasteiger partial charge < -0.3 is 4.98 Å². The number of imidazole rings is 1. The van der Waals surface area contributed by atoms with E-state index < -0.39 is 9.84 Å². The third-order valence-corrected chi connectivity index (χ3v) is 6.16. The Bertz CT molecular complexity index is 1010. The van der Waals surface area contributed by atoms with Crippen LogP contribution in [0.1, 0.15) is 12.5 Å². The van der Waals surface area contributed by atoms with Crippen molar-refractivity contribution >= 4 is 26.7 Å². The van der Waals surface area contributed by atoms with Crippen molar-refractivity contribution in [3.8, 4) is 11.4 Å². The van der Waals surface area contributed by atoms with Gasteiger partial charge in [0.1, 0.15) is 10.9 Å². The van der Waals surface area contributed by atoms with Crippen molar-refractivity contribution in [2.75, 3.05) is 0 Å². The Morgan fingerprint density at radius 2 is 1.68 bits per heavy atom. The molecule has 0 spiro atoms. The first kappa shape index (κ1) is 17.4. The number of aromatic amines is 1. The van der Waals surface area contributed by atoms with Crippen LogP contribution in [-0.4, -0.2) is 23.5 Å². The molecule has 0 saturated heterocycles. The fraction of sp³-hybridized carbons (Fsp3) is 0.111. The van der Waals surface area contributed by atoms with Crippen LogP contribution in [0.25, 0.3) is 11.4 Å². The van der Waals surface area contributed by atoms with E-state index in [1.807, 2.05) is 31.2 Å². The summed E-state index contributed by atoms with van der Waals surface area (Å²) in [5.74, 6) is 0.415. The molecule has 3 rings (SSSR count). The van der Waals surface area contributed by atoms with Crippen molar-refractivity contribution in [1.29, 1.82) is 0 Å². The first-order valence-electron chi connectivity index (χ1n) is 7.53. The molecule has 1 aromatic heterocycles. The third-order valence-electron chi connectivity index (χ3n) is 3.53. The molecule has 0 aliphatic rings. The van der Waals surface area contributed by atoms with Crippen LogP contribution in [0, 0.1) is 6.92 Å². The second-order valence-corrected chi connectivity index (χ2v) is 8.55. The van der Waals surface area contributed by atoms with Crippen LogP contribution < -0.4 is 0 Å². The number of hydrogen-bond donors (Lipinski definition) is 1. The first-order chi connectivity index (χ1) is 11.9. The average Bonchev–Trinajstić information content (AvgIpc) is 3.00. The number of carbonyl (C=O) groups excluding carboxylic acids is 1. The van der Waals surface area contributed by atoms with Crippen molar-refractivity contribution < 1.29 is 13.2 Å². The lowest BCUT2D eigenvalue weighted by Gasteiger charge is -2.03. The first-order valence-corrected chi connectivity index (χ1v) is 9.83. The van der Waals surface area contributed by atoms with E-state index in [2.05, 4.69) is 9.97 Å². The molecule has 7 heteroatoms. The molecule has 0 saturated carbocycles. The molecular weight excluding hydrogens is 356 g/mol. The lowest BCUT2D eigenvalue weighted by Crippen LogP contribution is -2.04. The van der Waals surface area contributed by atoms with E-state index in [4.69, 9.17) is 0 Å². The SMILES string of the molecule is CC(=O)Sc1nc(-c2ccc(C)cc2)[nH]c1S(=O)(=O)c1ccccc1. The van der Waals surface area contributed by atoms with Gasteiger partial charge in [-0.05, 0) is 30.8 Å². The lowest BCUT2D eigenvalue weighted by atomic mass is 10.1. The minimum Gasteiger partial charge on any atom is -0.328 e. The summed E-state index contributed by atoms with van der Waals surface area (Å²) >= 11 is 0.805. The van der Waals surface area contributed by atoms with Crippen LogP contribution in [0.2, 0.25) is 0 Å². The summed E-state index contributed by atoms with van der Waals surface area (Å²) < 4.78 is 25.9. The normalized spacial score (nSPS) is 11.4. The molecule has 5 nitrogen and oxygen atoms in total. The van der Waals surface area contributed by atoms with Crippen molar-refractivity contribution in [1.82, 2.24) is 9.97 Å². The summed E-state index contributed by atoms with van der Waals surface area (Å²) in [7, 11) is -3.80. The van der Waals surface area contributed by atoms with Crippen molar-refractivity contribution in [3.63, 3.8) is 0 Å². The third kappa shape index (κ3) is 3.67. The van der Waals surface area contributed by atoms with E-state index in [1.54, 1.807) is 18.2 Å². The van der Waals surface area contributed by atoms with E-state index in [0.29, 0.717) is 5.82 Å². The van der Waals surface area contributed by atoms with Crippen molar-refractivity contribution in [2.45, 2.75) is 28.8 Å². The lowest BCUT2D eigenvalue weighted by molar-refractivity contribution is -0.109. The smallest absolute Gasteiger partial charge is 0.224 e. The van der Waals surface area contributed by atoms with Gasteiger partial charge in [-0.3, -0.25) is 4.79 Å². The number of aromatic nitrogens is 2. The van der Waals surface area contributed by atoms with Gasteiger partial charge in [-0.1, -0.05) is 48.0 Å². The maximum atomic E-state index is 12.9. The second-order valence-electron chi connectivity index (χ2n) is 5.50. The van der Waals surface area contributed by atoms with Crippen molar-refractivity contribution in [3.05, 3.63) is 60.2 Å². The molecule has 25 heavy (non-hydrogen) atoms. The van der Waals surface area contributed by atoms with Crippen LogP contribution in [-0.2, 0) is 14.6 Å². The molecule has 3 aromatic rings. The van der Waals surface area contributed by atoms with Gasteiger partial charge in [0.05, 0.1) is 4.90 Å². The number of H-pyrrole nitrogens is 1. The summed E-state index contributed by atoms with van der Waals surface area (Å²) in [5, 5.41) is -0.132. The van der Waals surface area contributed by atoms with E-state index in [9.17, 15) is 13.2 Å². The van der Waals surface area contributed by atoms with Gasteiger partial charge in [-0.15, -0.1) is 0 Å². The highest BCUT2D eigenvalue weighted by atomic mass is 32.2. The van der Waals surface area contributed by atoms with E-state index >= 15 is 0 Å². The molecule has 128 valence electrons. The van der Waals surface area contributed by atoms with E-state index in [0.717, 1.165) is 22.9 Å². The Morgan fingerprint density at radius 1 is 1.04 bits per heavy atom. The van der Waals surface area contributed by atoms with Gasteiger partial charge in [-0.25, -0.2) is 13.4 Å². The van der Waals surface area contributed by atoms with E-state index in [-0.39, 0.29) is 20.1 Å². The predicted octanol–water partition coefficient (Wildman–Crippen LogP) is 3.86. The highest BCUT2D eigenvalue weighted by Gasteiger charge is 2.27. The summed E-state index contributed by atoms with van der Waals surface area (Å²) in [6, 6.07) is 15.6. The van der Waals surface area contributed by atoms with Crippen LogP contribution in [0.15, 0.2) is 69.5 Å². The van der Waals surface area contributed by atoms with Crippen LogP contribution >= 0.6 is 11.8 Å². The summed E-state index contributed by atoms with van der Waals surface area (Å²) in [4.78, 5) is 18.9. The maximum absolute atomic E-state index is 12.9. The topological polar surface area (TPSA) is 79.9 Å². The van der Waals surface area contributed by atoms with Gasteiger partial charge in [0, 0.05) is 12.5 Å². The number of nitrogens with one attached hydrogen (secondary N) is 1. The molecule has 1 heterocycles. The Hall–Kier alpha value is -2.38. The molecule has 1 N–H and O–H groups in total. The fourth-order valence-electron chi connectivity index (χ4n) is 2.29. The molecule has 0 fully saturated rings. The molecule has 2 aromatic carbocycles. The number of hydrogen-bond acceptors (Lipinski definition) is 5. The standard InChI is InChI=1S/C18H16N2O3S2/c1-12-8-10-14(11-9-12)16-19-17(24-13(2)21)18(20-16)25(22,23)15-6-4-3-5-7-15/h3-11H,1-2H3,(H,19,20). The number of benzene rings is 2. The Kier molecular flexibility index (Phi) is 4.78. The highest BCUT2D eigenvalue weighted by molar-refractivity contribution is 8.13. The molecule has 0 aliphatic heterocycles. The number of rotatable bonds is 4. The fourth-order valence-corrected chi connectivity index (χ4v) is 4.56. The van der Waals surface area contributed by atoms with Gasteiger partial charge >= 0.3 is 0 Å². The predicted molar refractivity (Wildman–Crippen MR) is 97.2 cm³/mol. The largest absolute Gasteiger partial charge is 0.328 e. The molecule has 0 atom stereocenters. The quantitative estimate of drug-likeness (QED) is 0.704. The minimum absolute atomic E-state index is 0.0607. The van der Waals surface area contributed by atoms with Crippen LogP contribution in [0.3, 0.4) is 0 Å². The summed E-state index contributed by atoms with van der Waals surface area (Å²) in [6.45, 7) is 3.35. The summed E-state index contributed by atoms with van der Waals surface area (Å²) in [5.41, 5.74) is 1.84. The Balaban J connectivity index is 2.15. The maximum Gasteiger partial charge on any atom is 0.224 e. The van der Waals surface area contributed by atoms with E-state index in [1.165, 1.54) is 19.1 Å². The van der Waals surface area contributed by atoms with Crippen LogP contribution in [0.5, 0.6) is 0 Å². The van der Waals surface area contributed by atoms with Gasteiger partial charge in [0.25, 0.3) is 0 Å². The zero-order valence-corrected chi connectivity index (χ0v) is 15.3. The zero-order chi connectivity index (χ0) is 18.0. The second kappa shape index (κ2) is 6.85. The average molecular weight is 372 g/mol. The molecule has 0 amide bonds. The monoisotopic (exact) mass is 372 g/mol. The molecule has 0 unspecified atom stereocenters.